The number of benzene rings is 2. The molecule has 1 aliphatic rings. The molecule has 1 heterocycles. The minimum Gasteiger partial charge on any atom is -0.308 e. The Bertz CT molecular complexity index is 626. The van der Waals surface area contributed by atoms with Gasteiger partial charge in [0.1, 0.15) is 0 Å². The molecule has 1 atom stereocenters. The molecule has 1 aliphatic heterocycles. The lowest BCUT2D eigenvalue weighted by Crippen LogP contribution is -2.37. The molecule has 0 aromatic heterocycles. The summed E-state index contributed by atoms with van der Waals surface area (Å²) in [7, 11) is 0. The number of hydrogen-bond donors (Lipinski definition) is 0. The number of para-hydroxylation sites is 1. The molecule has 2 nitrogen and oxygen atoms in total. The first kappa shape index (κ1) is 14.2. The Morgan fingerprint density at radius 2 is 1.86 bits per heavy atom. The van der Waals surface area contributed by atoms with E-state index >= 15 is 0 Å². The third-order valence-electron chi connectivity index (χ3n) is 3.81. The van der Waals surface area contributed by atoms with Gasteiger partial charge >= 0.3 is 0 Å². The molecule has 0 aliphatic carbocycles. The molecular weight excluding hydrogens is 278 g/mol. The molecule has 0 saturated heterocycles. The number of carbonyl (C=O) groups is 1. The van der Waals surface area contributed by atoms with Gasteiger partial charge < -0.3 is 4.90 Å². The Morgan fingerprint density at radius 3 is 2.67 bits per heavy atom. The van der Waals surface area contributed by atoms with Crippen molar-refractivity contribution in [2.75, 3.05) is 10.7 Å². The lowest BCUT2D eigenvalue weighted by molar-refractivity contribution is -0.116. The molecular formula is C18H19NOS. The third kappa shape index (κ3) is 3.13. The van der Waals surface area contributed by atoms with E-state index in [4.69, 9.17) is 0 Å². The Balaban J connectivity index is 1.61. The van der Waals surface area contributed by atoms with Gasteiger partial charge in [0.2, 0.25) is 5.91 Å². The first-order chi connectivity index (χ1) is 10.3. The molecule has 0 fully saturated rings. The van der Waals surface area contributed by atoms with E-state index in [2.05, 4.69) is 31.2 Å². The summed E-state index contributed by atoms with van der Waals surface area (Å²) in [5.74, 6) is 1.64. The van der Waals surface area contributed by atoms with Gasteiger partial charge in [-0.05, 0) is 30.5 Å². The lowest BCUT2D eigenvalue weighted by atomic mass is 10.1. The van der Waals surface area contributed by atoms with Crippen LogP contribution in [0.25, 0.3) is 0 Å². The predicted octanol–water partition coefficient (Wildman–Crippen LogP) is 3.90. The molecule has 0 radical (unpaired) electrons. The number of hydrogen-bond acceptors (Lipinski definition) is 2. The van der Waals surface area contributed by atoms with Gasteiger partial charge in [-0.1, -0.05) is 48.5 Å². The zero-order chi connectivity index (χ0) is 14.7. The van der Waals surface area contributed by atoms with Crippen LogP contribution in [0.3, 0.4) is 0 Å². The van der Waals surface area contributed by atoms with E-state index < -0.39 is 0 Å². The largest absolute Gasteiger partial charge is 0.308 e. The van der Waals surface area contributed by atoms with Crippen LogP contribution in [0.15, 0.2) is 54.6 Å². The summed E-state index contributed by atoms with van der Waals surface area (Å²) in [6, 6.07) is 18.8. The molecule has 0 saturated carbocycles. The fourth-order valence-electron chi connectivity index (χ4n) is 2.85. The number of rotatable bonds is 4. The first-order valence-corrected chi connectivity index (χ1v) is 8.43. The van der Waals surface area contributed by atoms with Crippen LogP contribution in [0, 0.1) is 0 Å². The Hall–Kier alpha value is -1.74. The third-order valence-corrected chi connectivity index (χ3v) is 4.80. The summed E-state index contributed by atoms with van der Waals surface area (Å²) in [6.45, 7) is 2.12. The molecule has 3 rings (SSSR count). The predicted molar refractivity (Wildman–Crippen MR) is 89.7 cm³/mol. The summed E-state index contributed by atoms with van der Waals surface area (Å²) >= 11 is 1.69. The highest BCUT2D eigenvalue weighted by atomic mass is 32.2. The Labute approximate surface area is 130 Å². The molecule has 2 aromatic carbocycles. The average Bonchev–Trinajstić information content (AvgIpc) is 2.84. The number of nitrogens with zero attached hydrogens (tertiary/aromatic N) is 1. The van der Waals surface area contributed by atoms with Crippen molar-refractivity contribution in [1.82, 2.24) is 0 Å². The van der Waals surface area contributed by atoms with Crippen molar-refractivity contribution in [3.05, 3.63) is 65.7 Å². The summed E-state index contributed by atoms with van der Waals surface area (Å²) < 4.78 is 0. The van der Waals surface area contributed by atoms with Crippen LogP contribution in [0.1, 0.15) is 18.1 Å². The van der Waals surface area contributed by atoms with E-state index in [1.54, 1.807) is 11.8 Å². The van der Waals surface area contributed by atoms with Gasteiger partial charge in [0, 0.05) is 17.5 Å². The van der Waals surface area contributed by atoms with E-state index in [0.29, 0.717) is 5.75 Å². The van der Waals surface area contributed by atoms with E-state index in [1.165, 1.54) is 11.1 Å². The van der Waals surface area contributed by atoms with Crippen molar-refractivity contribution in [2.24, 2.45) is 0 Å². The van der Waals surface area contributed by atoms with Crippen molar-refractivity contribution >= 4 is 23.4 Å². The highest BCUT2D eigenvalue weighted by molar-refractivity contribution is 7.99. The molecule has 108 valence electrons. The first-order valence-electron chi connectivity index (χ1n) is 7.27. The highest BCUT2D eigenvalue weighted by Crippen LogP contribution is 2.32. The summed E-state index contributed by atoms with van der Waals surface area (Å²) in [5.41, 5.74) is 3.65. The highest BCUT2D eigenvalue weighted by Gasteiger charge is 2.29. The van der Waals surface area contributed by atoms with E-state index in [-0.39, 0.29) is 11.9 Å². The maximum Gasteiger partial charge on any atom is 0.237 e. The number of amides is 1. The summed E-state index contributed by atoms with van der Waals surface area (Å²) in [4.78, 5) is 14.5. The smallest absolute Gasteiger partial charge is 0.237 e. The Kier molecular flexibility index (Phi) is 4.30. The summed E-state index contributed by atoms with van der Waals surface area (Å²) in [6.07, 6.45) is 0.964. The van der Waals surface area contributed by atoms with Crippen molar-refractivity contribution in [2.45, 2.75) is 25.1 Å². The average molecular weight is 297 g/mol. The van der Waals surface area contributed by atoms with Crippen molar-refractivity contribution in [1.29, 1.82) is 0 Å². The normalized spacial score (nSPS) is 16.8. The van der Waals surface area contributed by atoms with E-state index in [0.717, 1.165) is 17.9 Å². The lowest BCUT2D eigenvalue weighted by Gasteiger charge is -2.22. The molecule has 0 bridgehead atoms. The fraction of sp³-hybridized carbons (Fsp3) is 0.278. The van der Waals surface area contributed by atoms with Crippen LogP contribution < -0.4 is 4.90 Å². The number of carbonyl (C=O) groups excluding carboxylic acids is 1. The van der Waals surface area contributed by atoms with Crippen molar-refractivity contribution < 1.29 is 4.79 Å². The Morgan fingerprint density at radius 1 is 1.14 bits per heavy atom. The van der Waals surface area contributed by atoms with Crippen molar-refractivity contribution in [3.8, 4) is 0 Å². The number of anilines is 1. The van der Waals surface area contributed by atoms with Gasteiger partial charge in [-0.15, -0.1) is 11.8 Å². The standard InChI is InChI=1S/C18H19NOS/c1-14-11-16-9-5-6-10-17(16)19(14)18(20)13-21-12-15-7-3-2-4-8-15/h2-10,14H,11-13H2,1H3/t14-/m0/s1. The molecule has 0 spiro atoms. The van der Waals surface area contributed by atoms with Crippen LogP contribution in [0.2, 0.25) is 0 Å². The zero-order valence-electron chi connectivity index (χ0n) is 12.2. The van der Waals surface area contributed by atoms with Gasteiger partial charge in [-0.3, -0.25) is 4.79 Å². The van der Waals surface area contributed by atoms with Crippen LogP contribution in [0.4, 0.5) is 5.69 Å². The molecule has 1 amide bonds. The maximum atomic E-state index is 12.5. The van der Waals surface area contributed by atoms with Gasteiger partial charge in [0.15, 0.2) is 0 Å². The number of thioether (sulfide) groups is 1. The van der Waals surface area contributed by atoms with Gasteiger partial charge in [0.25, 0.3) is 0 Å². The second kappa shape index (κ2) is 6.35. The molecule has 0 unspecified atom stereocenters. The van der Waals surface area contributed by atoms with E-state index in [1.807, 2.05) is 35.2 Å². The minimum absolute atomic E-state index is 0.216. The number of fused-ring (bicyclic) bond motifs is 1. The second-order valence-corrected chi connectivity index (χ2v) is 6.41. The fourth-order valence-corrected chi connectivity index (χ4v) is 3.69. The molecule has 2 aromatic rings. The van der Waals surface area contributed by atoms with Crippen LogP contribution in [-0.4, -0.2) is 17.7 Å². The van der Waals surface area contributed by atoms with Gasteiger partial charge in [0.05, 0.1) is 5.75 Å². The van der Waals surface area contributed by atoms with Gasteiger partial charge in [-0.25, -0.2) is 0 Å². The zero-order valence-corrected chi connectivity index (χ0v) is 13.0. The SMILES string of the molecule is C[C@H]1Cc2ccccc2N1C(=O)CSCc1ccccc1. The summed E-state index contributed by atoms with van der Waals surface area (Å²) in [5, 5.41) is 0. The van der Waals surface area contributed by atoms with Crippen LogP contribution in [-0.2, 0) is 17.0 Å². The maximum absolute atomic E-state index is 12.5. The van der Waals surface area contributed by atoms with Crippen LogP contribution >= 0.6 is 11.8 Å². The monoisotopic (exact) mass is 297 g/mol. The van der Waals surface area contributed by atoms with Crippen LogP contribution in [0.5, 0.6) is 0 Å². The molecule has 21 heavy (non-hydrogen) atoms. The molecule has 0 N–H and O–H groups in total. The topological polar surface area (TPSA) is 20.3 Å². The van der Waals surface area contributed by atoms with E-state index in [9.17, 15) is 4.79 Å². The van der Waals surface area contributed by atoms with Gasteiger partial charge in [-0.2, -0.15) is 0 Å². The second-order valence-electron chi connectivity index (χ2n) is 5.42. The quantitative estimate of drug-likeness (QED) is 0.853. The minimum atomic E-state index is 0.216. The van der Waals surface area contributed by atoms with Crippen molar-refractivity contribution in [3.63, 3.8) is 0 Å². The molecule has 3 heteroatoms.